The zero-order valence-corrected chi connectivity index (χ0v) is 20.2. The number of benzene rings is 1. The molecule has 3 aromatic rings. The van der Waals surface area contributed by atoms with Gasteiger partial charge in [0.05, 0.1) is 21.6 Å². The van der Waals surface area contributed by atoms with Crippen molar-refractivity contribution in [2.24, 2.45) is 5.16 Å². The van der Waals surface area contributed by atoms with E-state index in [0.717, 1.165) is 4.88 Å². The standard InChI is InChI=1S/C22H23N5O5S2/c1-14(20-23-10-3-11-24-20)32-27-19(21(28)26-22-25-12-16(33-22)13-31-2)15-4-6-17(7-5-15)34(29,30)18-8-9-18/h3-7,10-12,14,18H,8-9,13H2,1-2H3,(H,25,26,28)/b27-19+. The summed E-state index contributed by atoms with van der Waals surface area (Å²) in [4.78, 5) is 32.1. The van der Waals surface area contributed by atoms with Crippen LogP contribution in [-0.4, -0.2) is 47.3 Å². The Kier molecular flexibility index (Phi) is 7.29. The molecule has 1 saturated carbocycles. The van der Waals surface area contributed by atoms with Gasteiger partial charge in [0, 0.05) is 31.3 Å². The molecular weight excluding hydrogens is 478 g/mol. The molecule has 1 amide bonds. The molecule has 1 aromatic carbocycles. The molecule has 0 radical (unpaired) electrons. The summed E-state index contributed by atoms with van der Waals surface area (Å²) in [5, 5.41) is 6.83. The topological polar surface area (TPSA) is 133 Å². The number of carbonyl (C=O) groups excluding carboxylic acids is 1. The summed E-state index contributed by atoms with van der Waals surface area (Å²) in [6, 6.07) is 7.73. The number of hydrogen-bond donors (Lipinski definition) is 1. The highest BCUT2D eigenvalue weighted by molar-refractivity contribution is 7.92. The largest absolute Gasteiger partial charge is 0.384 e. The molecule has 0 aliphatic heterocycles. The number of nitrogens with one attached hydrogen (secondary N) is 1. The minimum absolute atomic E-state index is 0.0401. The van der Waals surface area contributed by atoms with Gasteiger partial charge in [0.25, 0.3) is 5.91 Å². The summed E-state index contributed by atoms with van der Waals surface area (Å²) < 4.78 is 30.1. The molecule has 10 nitrogen and oxygen atoms in total. The van der Waals surface area contributed by atoms with Gasteiger partial charge in [0.15, 0.2) is 32.6 Å². The maximum absolute atomic E-state index is 13.1. The molecule has 178 valence electrons. The van der Waals surface area contributed by atoms with Gasteiger partial charge in [0.1, 0.15) is 0 Å². The lowest BCUT2D eigenvalue weighted by atomic mass is 10.1. The Bertz CT molecular complexity index is 1270. The Balaban J connectivity index is 1.59. The third-order valence-electron chi connectivity index (χ3n) is 4.95. The number of rotatable bonds is 10. The van der Waals surface area contributed by atoms with Crippen LogP contribution in [0.2, 0.25) is 0 Å². The molecule has 1 aliphatic carbocycles. The quantitative estimate of drug-likeness (QED) is 0.331. The molecule has 12 heteroatoms. The third-order valence-corrected chi connectivity index (χ3v) is 8.11. The number of anilines is 1. The highest BCUT2D eigenvalue weighted by Gasteiger charge is 2.36. The van der Waals surface area contributed by atoms with Crippen molar-refractivity contribution in [1.29, 1.82) is 0 Å². The number of thiazole rings is 1. The Morgan fingerprint density at radius 2 is 1.91 bits per heavy atom. The second kappa shape index (κ2) is 10.4. The van der Waals surface area contributed by atoms with Crippen LogP contribution in [0, 0.1) is 0 Å². The Labute approximate surface area is 201 Å². The van der Waals surface area contributed by atoms with Crippen LogP contribution in [0.5, 0.6) is 0 Å². The average Bonchev–Trinajstić information content (AvgIpc) is 3.62. The average molecular weight is 502 g/mol. The van der Waals surface area contributed by atoms with Crippen LogP contribution >= 0.6 is 11.3 Å². The van der Waals surface area contributed by atoms with Crippen LogP contribution < -0.4 is 5.32 Å². The molecule has 34 heavy (non-hydrogen) atoms. The second-order valence-corrected chi connectivity index (χ2v) is 10.9. The van der Waals surface area contributed by atoms with Crippen LogP contribution in [-0.2, 0) is 30.8 Å². The van der Waals surface area contributed by atoms with Crippen molar-refractivity contribution in [1.82, 2.24) is 15.0 Å². The molecule has 1 N–H and O–H groups in total. The summed E-state index contributed by atoms with van der Waals surface area (Å²) in [5.41, 5.74) is 0.351. The van der Waals surface area contributed by atoms with Crippen LogP contribution in [0.1, 0.15) is 42.1 Å². The van der Waals surface area contributed by atoms with Gasteiger partial charge in [-0.15, -0.1) is 0 Å². The van der Waals surface area contributed by atoms with Crippen molar-refractivity contribution in [3.8, 4) is 0 Å². The summed E-state index contributed by atoms with van der Waals surface area (Å²) in [5.74, 6) is -0.154. The smallest absolute Gasteiger partial charge is 0.280 e. The minimum atomic E-state index is -3.35. The van der Waals surface area contributed by atoms with Gasteiger partial charge in [0.2, 0.25) is 0 Å². The first-order valence-corrected chi connectivity index (χ1v) is 12.8. The van der Waals surface area contributed by atoms with Crippen LogP contribution in [0.4, 0.5) is 5.13 Å². The number of hydrogen-bond acceptors (Lipinski definition) is 10. The monoisotopic (exact) mass is 501 g/mol. The Morgan fingerprint density at radius 1 is 1.21 bits per heavy atom. The lowest BCUT2D eigenvalue weighted by Crippen LogP contribution is -2.24. The van der Waals surface area contributed by atoms with Crippen molar-refractivity contribution in [2.75, 3.05) is 12.4 Å². The Hall–Kier alpha value is -3.22. The second-order valence-electron chi connectivity index (χ2n) is 7.58. The first-order valence-electron chi connectivity index (χ1n) is 10.5. The SMILES string of the molecule is COCc1cnc(NC(=O)/C(=N/OC(C)c2ncccn2)c2ccc(S(=O)(=O)C3CC3)cc2)s1. The minimum Gasteiger partial charge on any atom is -0.384 e. The van der Waals surface area contributed by atoms with Gasteiger partial charge in [-0.25, -0.2) is 23.4 Å². The summed E-state index contributed by atoms with van der Waals surface area (Å²) in [6.45, 7) is 2.08. The van der Waals surface area contributed by atoms with Gasteiger partial charge in [-0.05, 0) is 38.0 Å². The maximum atomic E-state index is 13.1. The molecule has 2 heterocycles. The van der Waals surface area contributed by atoms with Gasteiger partial charge in [-0.2, -0.15) is 0 Å². The first kappa shape index (κ1) is 23.9. The fraction of sp³-hybridized carbons (Fsp3) is 0.318. The van der Waals surface area contributed by atoms with Crippen molar-refractivity contribution in [3.63, 3.8) is 0 Å². The highest BCUT2D eigenvalue weighted by atomic mass is 32.2. The molecule has 1 fully saturated rings. The van der Waals surface area contributed by atoms with E-state index in [0.29, 0.717) is 36.0 Å². The molecule has 0 saturated heterocycles. The predicted octanol–water partition coefficient (Wildman–Crippen LogP) is 3.14. The van der Waals surface area contributed by atoms with E-state index in [-0.39, 0.29) is 15.9 Å². The van der Waals surface area contributed by atoms with Crippen molar-refractivity contribution in [3.05, 3.63) is 65.2 Å². The first-order chi connectivity index (χ1) is 16.4. The number of methoxy groups -OCH3 is 1. The van der Waals surface area contributed by atoms with Crippen molar-refractivity contribution >= 4 is 37.9 Å². The number of ether oxygens (including phenoxy) is 1. The molecule has 1 unspecified atom stereocenters. The summed E-state index contributed by atoms with van der Waals surface area (Å²) in [7, 11) is -1.78. The number of sulfone groups is 1. The van der Waals surface area contributed by atoms with E-state index in [2.05, 4.69) is 25.4 Å². The third kappa shape index (κ3) is 5.64. The number of aromatic nitrogens is 3. The zero-order valence-electron chi connectivity index (χ0n) is 18.5. The predicted molar refractivity (Wildman–Crippen MR) is 126 cm³/mol. The molecule has 0 bridgehead atoms. The fourth-order valence-electron chi connectivity index (χ4n) is 3.03. The summed E-state index contributed by atoms with van der Waals surface area (Å²) in [6.07, 6.45) is 5.50. The van der Waals surface area contributed by atoms with E-state index in [1.807, 2.05) is 0 Å². The van der Waals surface area contributed by atoms with E-state index in [9.17, 15) is 13.2 Å². The van der Waals surface area contributed by atoms with Gasteiger partial charge < -0.3 is 9.57 Å². The van der Waals surface area contributed by atoms with Gasteiger partial charge in [-0.1, -0.05) is 28.6 Å². The molecule has 1 atom stereocenters. The highest BCUT2D eigenvalue weighted by Crippen LogP contribution is 2.33. The van der Waals surface area contributed by atoms with Crippen LogP contribution in [0.15, 0.2) is 59.0 Å². The number of amides is 1. The zero-order chi connectivity index (χ0) is 24.1. The number of carbonyl (C=O) groups is 1. The normalized spacial score (nSPS) is 15.1. The fourth-order valence-corrected chi connectivity index (χ4v) is 5.47. The van der Waals surface area contributed by atoms with Crippen molar-refractivity contribution in [2.45, 2.75) is 42.6 Å². The van der Waals surface area contributed by atoms with E-state index in [1.54, 1.807) is 50.8 Å². The molecular formula is C22H23N5O5S2. The van der Waals surface area contributed by atoms with E-state index in [4.69, 9.17) is 9.57 Å². The van der Waals surface area contributed by atoms with E-state index in [1.165, 1.54) is 23.5 Å². The maximum Gasteiger partial charge on any atom is 0.280 e. The summed E-state index contributed by atoms with van der Waals surface area (Å²) >= 11 is 1.27. The van der Waals surface area contributed by atoms with Gasteiger partial charge in [-0.3, -0.25) is 10.1 Å². The molecule has 1 aliphatic rings. The lowest BCUT2D eigenvalue weighted by molar-refractivity contribution is -0.110. The van der Waals surface area contributed by atoms with E-state index >= 15 is 0 Å². The van der Waals surface area contributed by atoms with Gasteiger partial charge >= 0.3 is 0 Å². The lowest BCUT2D eigenvalue weighted by Gasteiger charge is -2.11. The van der Waals surface area contributed by atoms with Crippen LogP contribution in [0.3, 0.4) is 0 Å². The number of oxime groups is 1. The van der Waals surface area contributed by atoms with Crippen LogP contribution in [0.25, 0.3) is 0 Å². The Morgan fingerprint density at radius 3 is 2.56 bits per heavy atom. The molecule has 0 spiro atoms. The molecule has 4 rings (SSSR count). The molecule has 2 aromatic heterocycles. The van der Waals surface area contributed by atoms with E-state index < -0.39 is 21.8 Å². The van der Waals surface area contributed by atoms with Crippen molar-refractivity contribution < 1.29 is 22.8 Å². The number of nitrogens with zero attached hydrogens (tertiary/aromatic N) is 4.